The molecule has 0 unspecified atom stereocenters. The van der Waals surface area contributed by atoms with E-state index in [2.05, 4.69) is 148 Å². The highest BCUT2D eigenvalue weighted by Gasteiger charge is 2.30. The molecule has 0 atom stereocenters. The molecule has 222 valence electrons. The van der Waals surface area contributed by atoms with Crippen molar-refractivity contribution in [2.45, 2.75) is 51.4 Å². The minimum atomic E-state index is 0.909. The molecule has 0 aliphatic heterocycles. The monoisotopic (exact) mass is 585 g/mol. The van der Waals surface area contributed by atoms with Crippen LogP contribution in [0, 0.1) is 0 Å². The fourth-order valence-electron chi connectivity index (χ4n) is 7.59. The average molecular weight is 586 g/mol. The number of hydrogen-bond acceptors (Lipinski definition) is 1. The van der Waals surface area contributed by atoms with E-state index in [1.165, 1.54) is 66.9 Å². The van der Waals surface area contributed by atoms with Crippen molar-refractivity contribution in [2.24, 2.45) is 0 Å². The number of nitrogens with zero attached hydrogens (tertiary/aromatic N) is 3. The van der Waals surface area contributed by atoms with E-state index in [-0.39, 0.29) is 0 Å². The Hall–Kier alpha value is -5.02. The van der Waals surface area contributed by atoms with Crippen LogP contribution in [0.4, 0.5) is 17.1 Å². The minimum Gasteiger partial charge on any atom is -0.313 e. The normalized spacial score (nSPS) is 15.2. The molecular formula is C42H39N3. The van der Waals surface area contributed by atoms with Crippen LogP contribution >= 0.6 is 0 Å². The summed E-state index contributed by atoms with van der Waals surface area (Å²) in [7, 11) is 0. The van der Waals surface area contributed by atoms with Crippen molar-refractivity contribution in [3.8, 4) is 5.69 Å². The SMILES string of the molecule is C=CCCc1c(N(c2ccccc2)c2cccc3c2c2c(n3C3=CC=CCC3)=CCCC=2)c2c(n1-c1ccccc1)C=CCC2. The Bertz CT molecular complexity index is 2120. The van der Waals surface area contributed by atoms with Crippen LogP contribution in [0.15, 0.2) is 116 Å². The van der Waals surface area contributed by atoms with E-state index in [1.807, 2.05) is 0 Å². The molecule has 3 aliphatic rings. The molecule has 8 rings (SSSR count). The van der Waals surface area contributed by atoms with E-state index in [4.69, 9.17) is 0 Å². The molecule has 0 N–H and O–H groups in total. The first-order valence-electron chi connectivity index (χ1n) is 16.5. The van der Waals surface area contributed by atoms with E-state index in [0.29, 0.717) is 0 Å². The Kier molecular flexibility index (Phi) is 7.23. The first kappa shape index (κ1) is 27.5. The van der Waals surface area contributed by atoms with Gasteiger partial charge < -0.3 is 14.0 Å². The summed E-state index contributed by atoms with van der Waals surface area (Å²) in [5, 5.41) is 4.05. The van der Waals surface area contributed by atoms with E-state index in [0.717, 1.165) is 51.4 Å². The van der Waals surface area contributed by atoms with Crippen molar-refractivity contribution in [2.75, 3.05) is 4.90 Å². The van der Waals surface area contributed by atoms with Crippen LogP contribution in [0.5, 0.6) is 0 Å². The van der Waals surface area contributed by atoms with Crippen molar-refractivity contribution in [1.29, 1.82) is 0 Å². The molecule has 3 aliphatic carbocycles. The largest absolute Gasteiger partial charge is 0.313 e. The molecule has 3 heteroatoms. The summed E-state index contributed by atoms with van der Waals surface area (Å²) in [5.74, 6) is 0. The predicted octanol–water partition coefficient (Wildman–Crippen LogP) is 9.53. The number of para-hydroxylation sites is 2. The molecule has 2 aromatic heterocycles. The third-order valence-electron chi connectivity index (χ3n) is 9.47. The van der Waals surface area contributed by atoms with Gasteiger partial charge in [0, 0.05) is 44.3 Å². The molecule has 0 radical (unpaired) electrons. The van der Waals surface area contributed by atoms with Crippen molar-refractivity contribution in [3.63, 3.8) is 0 Å². The van der Waals surface area contributed by atoms with Crippen LogP contribution < -0.4 is 15.5 Å². The van der Waals surface area contributed by atoms with Gasteiger partial charge in [0.15, 0.2) is 0 Å². The summed E-state index contributed by atoms with van der Waals surface area (Å²) >= 11 is 0. The lowest BCUT2D eigenvalue weighted by molar-refractivity contribution is 0.874. The number of hydrogen-bond donors (Lipinski definition) is 0. The zero-order chi connectivity index (χ0) is 30.2. The first-order chi connectivity index (χ1) is 22.3. The van der Waals surface area contributed by atoms with E-state index in [1.54, 1.807) is 0 Å². The van der Waals surface area contributed by atoms with Gasteiger partial charge in [-0.15, -0.1) is 6.58 Å². The number of rotatable bonds is 8. The maximum absolute atomic E-state index is 4.13. The molecule has 5 aromatic rings. The second kappa shape index (κ2) is 11.8. The third-order valence-corrected chi connectivity index (χ3v) is 9.47. The van der Waals surface area contributed by atoms with Crippen LogP contribution in [0.25, 0.3) is 40.5 Å². The molecule has 0 fully saturated rings. The van der Waals surface area contributed by atoms with Gasteiger partial charge in [0.2, 0.25) is 0 Å². The molecular weight excluding hydrogens is 546 g/mol. The molecule has 3 aromatic carbocycles. The van der Waals surface area contributed by atoms with Crippen molar-refractivity contribution < 1.29 is 0 Å². The summed E-state index contributed by atoms with van der Waals surface area (Å²) < 4.78 is 5.06. The number of benzene rings is 3. The van der Waals surface area contributed by atoms with Gasteiger partial charge in [-0.2, -0.15) is 0 Å². The number of aromatic nitrogens is 2. The molecule has 0 bridgehead atoms. The van der Waals surface area contributed by atoms with E-state index >= 15 is 0 Å². The topological polar surface area (TPSA) is 13.1 Å². The summed E-state index contributed by atoms with van der Waals surface area (Å²) in [6, 6.07) is 28.8. The van der Waals surface area contributed by atoms with Gasteiger partial charge in [-0.1, -0.05) is 78.9 Å². The predicted molar refractivity (Wildman–Crippen MR) is 192 cm³/mol. The smallest absolute Gasteiger partial charge is 0.0713 e. The Balaban J connectivity index is 1.49. The summed E-state index contributed by atoms with van der Waals surface area (Å²) in [5.41, 5.74) is 11.7. The second-order valence-corrected chi connectivity index (χ2v) is 12.2. The highest BCUT2D eigenvalue weighted by atomic mass is 15.2. The van der Waals surface area contributed by atoms with Crippen molar-refractivity contribution in [1.82, 2.24) is 9.13 Å². The quantitative estimate of drug-likeness (QED) is 0.165. The number of allylic oxidation sites excluding steroid dienone is 6. The van der Waals surface area contributed by atoms with Crippen LogP contribution in [0.1, 0.15) is 55.5 Å². The number of fused-ring (bicyclic) bond motifs is 4. The Morgan fingerprint density at radius 2 is 1.58 bits per heavy atom. The molecule has 45 heavy (non-hydrogen) atoms. The summed E-state index contributed by atoms with van der Waals surface area (Å²) in [4.78, 5) is 2.58. The van der Waals surface area contributed by atoms with Gasteiger partial charge in [0.1, 0.15) is 0 Å². The highest BCUT2D eigenvalue weighted by molar-refractivity contribution is 6.01. The van der Waals surface area contributed by atoms with Crippen LogP contribution in [0.3, 0.4) is 0 Å². The van der Waals surface area contributed by atoms with Gasteiger partial charge in [0.25, 0.3) is 0 Å². The highest BCUT2D eigenvalue weighted by Crippen LogP contribution is 2.46. The first-order valence-corrected chi connectivity index (χ1v) is 16.5. The van der Waals surface area contributed by atoms with E-state index < -0.39 is 0 Å². The molecule has 0 saturated carbocycles. The second-order valence-electron chi connectivity index (χ2n) is 12.2. The van der Waals surface area contributed by atoms with Crippen molar-refractivity contribution >= 4 is 51.9 Å². The van der Waals surface area contributed by atoms with Gasteiger partial charge in [-0.05, 0) is 99.9 Å². The summed E-state index contributed by atoms with van der Waals surface area (Å²) in [6.45, 7) is 4.13. The molecule has 2 heterocycles. The van der Waals surface area contributed by atoms with Crippen LogP contribution in [0.2, 0.25) is 0 Å². The molecule has 3 nitrogen and oxygen atoms in total. The van der Waals surface area contributed by atoms with Crippen molar-refractivity contribution in [3.05, 3.63) is 143 Å². The lowest BCUT2D eigenvalue weighted by Gasteiger charge is -2.29. The lowest BCUT2D eigenvalue weighted by Crippen LogP contribution is -2.31. The Morgan fingerprint density at radius 3 is 2.38 bits per heavy atom. The van der Waals surface area contributed by atoms with Gasteiger partial charge in [-0.25, -0.2) is 0 Å². The van der Waals surface area contributed by atoms with E-state index in [9.17, 15) is 0 Å². The fourth-order valence-corrected chi connectivity index (χ4v) is 7.59. The Morgan fingerprint density at radius 1 is 0.778 bits per heavy atom. The number of anilines is 3. The van der Waals surface area contributed by atoms with Crippen LogP contribution in [-0.4, -0.2) is 9.13 Å². The maximum Gasteiger partial charge on any atom is 0.0713 e. The zero-order valence-electron chi connectivity index (χ0n) is 25.8. The maximum atomic E-state index is 4.13. The Labute approximate surface area is 265 Å². The zero-order valence-corrected chi connectivity index (χ0v) is 25.8. The molecule has 0 amide bonds. The third kappa shape index (κ3) is 4.66. The van der Waals surface area contributed by atoms with Gasteiger partial charge in [-0.3, -0.25) is 0 Å². The minimum absolute atomic E-state index is 0.909. The average Bonchev–Trinajstić information content (AvgIpc) is 3.62. The van der Waals surface area contributed by atoms with Gasteiger partial charge in [0.05, 0.1) is 22.6 Å². The van der Waals surface area contributed by atoms with Gasteiger partial charge >= 0.3 is 0 Å². The molecule has 0 spiro atoms. The molecule has 0 saturated heterocycles. The lowest BCUT2D eigenvalue weighted by atomic mass is 9.99. The van der Waals surface area contributed by atoms with Crippen LogP contribution in [-0.2, 0) is 12.8 Å². The standard InChI is InChI=1S/C42H39N3/c1-2-3-26-40-42(35-25-14-16-28-37(35)44(40)32-20-9-5-10-21-32)45(33-22-11-6-12-23-33)39-30-17-29-38-41(39)34-24-13-15-27-36(34)43(38)31-18-7-4-8-19-31/h2,4-7,9-12,16-18,20-24,27-30H,1,3,8,13-15,19,25-26H2. The summed E-state index contributed by atoms with van der Waals surface area (Å²) in [6.07, 6.45) is 26.7. The fraction of sp³-hybridized carbons (Fsp3) is 0.190.